The molecule has 1 aliphatic heterocycles. The largest absolute Gasteiger partial charge is 0.378 e. The number of nitro groups is 1. The number of rotatable bonds is 7. The number of likely N-dealkylation sites (N-methyl/N-ethyl adjacent to an activating group) is 1. The van der Waals surface area contributed by atoms with Gasteiger partial charge in [-0.1, -0.05) is 22.5 Å². The zero-order valence-electron chi connectivity index (χ0n) is 17.8. The Morgan fingerprint density at radius 3 is 2.70 bits per heavy atom. The molecular weight excluding hydrogens is 408 g/mol. The first-order chi connectivity index (χ1) is 14.1. The summed E-state index contributed by atoms with van der Waals surface area (Å²) < 4.78 is 35.8. The number of piperidine rings is 1. The van der Waals surface area contributed by atoms with Crippen molar-refractivity contribution in [1.82, 2.24) is 0 Å². The zero-order valence-corrected chi connectivity index (χ0v) is 18.6. The van der Waals surface area contributed by atoms with Gasteiger partial charge >= 0.3 is 10.1 Å². The summed E-state index contributed by atoms with van der Waals surface area (Å²) in [6.45, 7) is 2.68. The van der Waals surface area contributed by atoms with Crippen LogP contribution in [0.15, 0.2) is 30.3 Å². The molecule has 9 heteroatoms. The van der Waals surface area contributed by atoms with Gasteiger partial charge in [0.2, 0.25) is 0 Å². The van der Waals surface area contributed by atoms with Crippen molar-refractivity contribution in [2.45, 2.75) is 57.2 Å². The van der Waals surface area contributed by atoms with Crippen LogP contribution in [0.1, 0.15) is 44.6 Å². The number of nitrogens with zero attached hydrogens (tertiary/aromatic N) is 2. The molecule has 5 unspecified atom stereocenters. The molecule has 1 saturated carbocycles. The van der Waals surface area contributed by atoms with Gasteiger partial charge < -0.3 is 4.74 Å². The summed E-state index contributed by atoms with van der Waals surface area (Å²) in [6.07, 6.45) is 9.46. The number of benzene rings is 1. The van der Waals surface area contributed by atoms with Gasteiger partial charge in [-0.05, 0) is 37.8 Å². The Bertz CT molecular complexity index is 903. The normalized spacial score (nSPS) is 32.1. The van der Waals surface area contributed by atoms with Crippen LogP contribution in [0.25, 0.3) is 6.08 Å². The van der Waals surface area contributed by atoms with Crippen molar-refractivity contribution >= 4 is 21.9 Å². The van der Waals surface area contributed by atoms with Crippen molar-refractivity contribution in [3.05, 3.63) is 46.0 Å². The third kappa shape index (κ3) is 5.26. The van der Waals surface area contributed by atoms with Crippen LogP contribution in [0, 0.1) is 16.0 Å². The molecule has 2 aliphatic rings. The lowest BCUT2D eigenvalue weighted by Crippen LogP contribution is -2.65. The molecule has 3 rings (SSSR count). The molecule has 0 N–H and O–H groups in total. The number of nitro benzene ring substituents is 1. The summed E-state index contributed by atoms with van der Waals surface area (Å²) in [4.78, 5) is 10.6. The van der Waals surface area contributed by atoms with E-state index in [0.29, 0.717) is 18.1 Å². The van der Waals surface area contributed by atoms with Gasteiger partial charge in [0.05, 0.1) is 17.3 Å². The second kappa shape index (κ2) is 9.13. The van der Waals surface area contributed by atoms with E-state index >= 15 is 0 Å². The maximum Gasteiger partial charge on any atom is 0.311 e. The van der Waals surface area contributed by atoms with Gasteiger partial charge in [-0.2, -0.15) is 13.1 Å². The number of quaternary nitrogens is 1. The van der Waals surface area contributed by atoms with Gasteiger partial charge in [-0.3, -0.25) is 10.1 Å². The Morgan fingerprint density at radius 1 is 1.27 bits per heavy atom. The lowest BCUT2D eigenvalue weighted by atomic mass is 9.75. The summed E-state index contributed by atoms with van der Waals surface area (Å²) in [5.41, 5.74) is 0.733. The molecule has 1 saturated heterocycles. The Labute approximate surface area is 178 Å². The zero-order chi connectivity index (χ0) is 21.9. The van der Waals surface area contributed by atoms with E-state index in [1.165, 1.54) is 12.1 Å². The maximum atomic E-state index is 12.1. The van der Waals surface area contributed by atoms with Crippen LogP contribution < -0.4 is 0 Å². The molecule has 0 amide bonds. The van der Waals surface area contributed by atoms with E-state index in [0.717, 1.165) is 38.4 Å². The molecule has 1 aliphatic carbocycles. The van der Waals surface area contributed by atoms with E-state index in [1.807, 2.05) is 26.1 Å². The molecule has 2 fully saturated rings. The molecule has 0 radical (unpaired) electrons. The van der Waals surface area contributed by atoms with Crippen LogP contribution >= 0.6 is 0 Å². The van der Waals surface area contributed by atoms with Gasteiger partial charge in [-0.15, -0.1) is 0 Å². The number of hydrogen-bond acceptors (Lipinski definition) is 6. The number of fused-ring (bicyclic) bond motifs is 1. The van der Waals surface area contributed by atoms with Crippen LogP contribution in [-0.4, -0.2) is 56.1 Å². The first kappa shape index (κ1) is 22.9. The van der Waals surface area contributed by atoms with E-state index in [2.05, 4.69) is 0 Å². The maximum absolute atomic E-state index is 12.1. The van der Waals surface area contributed by atoms with Gasteiger partial charge in [0.25, 0.3) is 5.69 Å². The predicted octanol–water partition coefficient (Wildman–Crippen LogP) is 3.68. The molecule has 1 heterocycles. The van der Waals surface area contributed by atoms with Crippen molar-refractivity contribution in [1.29, 1.82) is 0 Å². The van der Waals surface area contributed by atoms with E-state index in [4.69, 9.17) is 9.02 Å². The highest BCUT2D eigenvalue weighted by Crippen LogP contribution is 2.44. The standard InChI is InChI=1S/C21H31N2O6S/c1-4-28-20-12-13-21-17(15-20)9-11-19(23(21,2)29-30(3,26)27)10-8-16-6-5-7-18(14-16)22(24)25/h5-8,10,14,17,19-21H,4,9,11-13,15H2,1-3H3/q+1. The number of hydroxylamine groups is 3. The minimum absolute atomic E-state index is 0.0201. The van der Waals surface area contributed by atoms with Crippen LogP contribution in [0.3, 0.4) is 0 Å². The topological polar surface area (TPSA) is 95.7 Å². The SMILES string of the molecule is CCOC1CCC2C(CCC(C=Cc3cccc([N+](=O)[O-])c3)[N+]2(C)OS(C)(=O)=O)C1. The molecular formula is C21H31N2O6S+. The number of likely N-dealkylation sites (tertiary alicyclic amines) is 1. The summed E-state index contributed by atoms with van der Waals surface area (Å²) in [5.74, 6) is 0.338. The Morgan fingerprint density at radius 2 is 2.03 bits per heavy atom. The highest BCUT2D eigenvalue weighted by molar-refractivity contribution is 7.85. The predicted molar refractivity (Wildman–Crippen MR) is 114 cm³/mol. The molecule has 8 nitrogen and oxygen atoms in total. The first-order valence-electron chi connectivity index (χ1n) is 10.4. The smallest absolute Gasteiger partial charge is 0.311 e. The lowest BCUT2D eigenvalue weighted by molar-refractivity contribution is -1.10. The monoisotopic (exact) mass is 439 g/mol. The Balaban J connectivity index is 1.86. The average molecular weight is 440 g/mol. The van der Waals surface area contributed by atoms with Gasteiger partial charge in [0, 0.05) is 37.5 Å². The van der Waals surface area contributed by atoms with Gasteiger partial charge in [0.1, 0.15) is 19.1 Å². The van der Waals surface area contributed by atoms with E-state index in [1.54, 1.807) is 12.1 Å². The van der Waals surface area contributed by atoms with Crippen LogP contribution in [0.5, 0.6) is 0 Å². The number of hydrogen-bond donors (Lipinski definition) is 0. The number of ether oxygens (including phenoxy) is 1. The Hall–Kier alpha value is -1.81. The molecule has 166 valence electrons. The summed E-state index contributed by atoms with van der Waals surface area (Å²) in [7, 11) is -1.82. The van der Waals surface area contributed by atoms with E-state index < -0.39 is 15.0 Å². The first-order valence-corrected chi connectivity index (χ1v) is 12.3. The van der Waals surface area contributed by atoms with Crippen molar-refractivity contribution in [3.8, 4) is 0 Å². The second-order valence-corrected chi connectivity index (χ2v) is 9.97. The summed E-state index contributed by atoms with van der Waals surface area (Å²) >= 11 is 0. The van der Waals surface area contributed by atoms with Crippen LogP contribution in [0.2, 0.25) is 0 Å². The quantitative estimate of drug-likeness (QED) is 0.365. The summed E-state index contributed by atoms with van der Waals surface area (Å²) in [6, 6.07) is 6.30. The molecule has 0 aromatic heterocycles. The van der Waals surface area contributed by atoms with Crippen LogP contribution in [0.4, 0.5) is 5.69 Å². The lowest BCUT2D eigenvalue weighted by Gasteiger charge is -2.51. The third-order valence-corrected chi connectivity index (χ3v) is 6.93. The molecule has 1 aromatic rings. The van der Waals surface area contributed by atoms with Crippen LogP contribution in [-0.2, 0) is 19.1 Å². The fraction of sp³-hybridized carbons (Fsp3) is 0.619. The molecule has 1 aromatic carbocycles. The number of non-ortho nitro benzene ring substituents is 1. The van der Waals surface area contributed by atoms with E-state index in [9.17, 15) is 18.5 Å². The molecule has 5 atom stereocenters. The highest BCUT2D eigenvalue weighted by atomic mass is 32.2. The van der Waals surface area contributed by atoms with Gasteiger partial charge in [0.15, 0.2) is 0 Å². The third-order valence-electron chi connectivity index (χ3n) is 6.33. The second-order valence-electron chi connectivity index (χ2n) is 8.41. The molecule has 0 bridgehead atoms. The minimum atomic E-state index is -3.67. The van der Waals surface area contributed by atoms with Crippen molar-refractivity contribution < 1.29 is 27.0 Å². The average Bonchev–Trinajstić information content (AvgIpc) is 2.66. The van der Waals surface area contributed by atoms with Crippen molar-refractivity contribution in [3.63, 3.8) is 0 Å². The van der Waals surface area contributed by atoms with Gasteiger partial charge in [-0.25, -0.2) is 0 Å². The van der Waals surface area contributed by atoms with Crippen molar-refractivity contribution in [2.75, 3.05) is 19.9 Å². The minimum Gasteiger partial charge on any atom is -0.378 e. The Kier molecular flexibility index (Phi) is 6.96. The fourth-order valence-electron chi connectivity index (χ4n) is 5.10. The van der Waals surface area contributed by atoms with E-state index in [-0.39, 0.29) is 28.5 Å². The molecule has 30 heavy (non-hydrogen) atoms. The highest BCUT2D eigenvalue weighted by Gasteiger charge is 2.53. The van der Waals surface area contributed by atoms with Crippen molar-refractivity contribution in [2.24, 2.45) is 5.92 Å². The summed E-state index contributed by atoms with van der Waals surface area (Å²) in [5, 5.41) is 11.0. The molecule has 0 spiro atoms. The fourth-order valence-corrected chi connectivity index (χ4v) is 5.90.